The smallest absolute Gasteiger partial charge is 0.303 e. The molecule has 1 fully saturated rings. The Hall–Kier alpha value is -2.30. The SMILES string of the molecule is COc1ccc2ncc(F)c([C@@H](F)CC[C@@H]3CCN(CCSc4nccs4)C[C@H]3CC(=O)O)c2c1. The van der Waals surface area contributed by atoms with Crippen molar-refractivity contribution in [1.29, 1.82) is 0 Å². The number of likely N-dealkylation sites (tertiary alicyclic amines) is 1. The van der Waals surface area contributed by atoms with Gasteiger partial charge >= 0.3 is 5.97 Å². The van der Waals surface area contributed by atoms with Crippen molar-refractivity contribution in [2.45, 2.75) is 36.2 Å². The number of nitrogens with zero attached hydrogens (tertiary/aromatic N) is 3. The van der Waals surface area contributed by atoms with E-state index in [0.29, 0.717) is 29.6 Å². The third-order valence-electron chi connectivity index (χ3n) is 6.63. The molecule has 1 saturated heterocycles. The van der Waals surface area contributed by atoms with Crippen LogP contribution < -0.4 is 4.74 Å². The Labute approximate surface area is 211 Å². The molecule has 0 saturated carbocycles. The molecule has 1 aliphatic heterocycles. The molecule has 0 unspecified atom stereocenters. The number of aromatic nitrogens is 2. The fourth-order valence-corrected chi connectivity index (χ4v) is 6.56. The van der Waals surface area contributed by atoms with E-state index >= 15 is 4.39 Å². The molecule has 0 radical (unpaired) electrons. The molecule has 1 aromatic carbocycles. The average Bonchev–Trinajstić information content (AvgIpc) is 3.36. The molecular weight excluding hydrogens is 492 g/mol. The number of pyridine rings is 1. The van der Waals surface area contributed by atoms with E-state index in [0.717, 1.165) is 35.8 Å². The Balaban J connectivity index is 1.39. The number of halogens is 2. The second kappa shape index (κ2) is 12.1. The van der Waals surface area contributed by atoms with E-state index in [2.05, 4.69) is 14.9 Å². The molecule has 3 aromatic rings. The van der Waals surface area contributed by atoms with Crippen LogP contribution in [0.15, 0.2) is 40.3 Å². The van der Waals surface area contributed by atoms with Crippen LogP contribution in [-0.4, -0.2) is 58.4 Å². The lowest BCUT2D eigenvalue weighted by molar-refractivity contribution is -0.139. The Morgan fingerprint density at radius 2 is 2.23 bits per heavy atom. The topological polar surface area (TPSA) is 75.5 Å². The number of carbonyl (C=O) groups is 1. The van der Waals surface area contributed by atoms with Crippen LogP contribution in [0.25, 0.3) is 10.9 Å². The fourth-order valence-electron chi connectivity index (χ4n) is 4.86. The first kappa shape index (κ1) is 25.8. The predicted molar refractivity (Wildman–Crippen MR) is 134 cm³/mol. The van der Waals surface area contributed by atoms with Gasteiger partial charge < -0.3 is 14.7 Å². The van der Waals surface area contributed by atoms with Crippen LogP contribution in [0.4, 0.5) is 8.78 Å². The summed E-state index contributed by atoms with van der Waals surface area (Å²) in [5.74, 6) is -0.0832. The van der Waals surface area contributed by atoms with E-state index in [9.17, 15) is 14.3 Å². The van der Waals surface area contributed by atoms with Crippen molar-refractivity contribution in [2.75, 3.05) is 32.5 Å². The van der Waals surface area contributed by atoms with Crippen LogP contribution in [0.2, 0.25) is 0 Å². The van der Waals surface area contributed by atoms with Gasteiger partial charge in [-0.15, -0.1) is 11.3 Å². The summed E-state index contributed by atoms with van der Waals surface area (Å²) in [6.07, 6.45) is 2.84. The number of fused-ring (bicyclic) bond motifs is 1. The molecule has 4 rings (SSSR count). The van der Waals surface area contributed by atoms with Gasteiger partial charge in [-0.05, 0) is 55.8 Å². The third kappa shape index (κ3) is 6.68. The number of hydrogen-bond donors (Lipinski definition) is 1. The third-order valence-corrected chi connectivity index (χ3v) is 8.57. The van der Waals surface area contributed by atoms with Crippen molar-refractivity contribution in [1.82, 2.24) is 14.9 Å². The number of aliphatic carboxylic acids is 1. The van der Waals surface area contributed by atoms with Crippen molar-refractivity contribution < 1.29 is 23.4 Å². The first-order chi connectivity index (χ1) is 16.9. The highest BCUT2D eigenvalue weighted by molar-refractivity contribution is 8.01. The lowest BCUT2D eigenvalue weighted by atomic mass is 9.79. The van der Waals surface area contributed by atoms with Crippen molar-refractivity contribution in [3.05, 3.63) is 47.4 Å². The highest BCUT2D eigenvalue weighted by Crippen LogP contribution is 2.37. The summed E-state index contributed by atoms with van der Waals surface area (Å²) < 4.78 is 36.4. The summed E-state index contributed by atoms with van der Waals surface area (Å²) in [7, 11) is 1.51. The maximum atomic E-state index is 15.4. The maximum Gasteiger partial charge on any atom is 0.303 e. The van der Waals surface area contributed by atoms with Crippen LogP contribution in [0.1, 0.15) is 37.4 Å². The van der Waals surface area contributed by atoms with Gasteiger partial charge in [0.2, 0.25) is 0 Å². The number of alkyl halides is 1. The highest BCUT2D eigenvalue weighted by Gasteiger charge is 2.32. The standard InChI is InChI=1S/C25H29F2N3O3S2/c1-33-18-3-5-22-19(13-18)24(21(27)14-29-22)20(26)4-2-16-6-8-30(15-17(16)12-23(31)32)9-11-35-25-28-7-10-34-25/h3,5,7,10,13-14,16-17,20H,2,4,6,8-9,11-12,15H2,1H3,(H,31,32)/t16-,17-,20+/m1/s1. The first-order valence-electron chi connectivity index (χ1n) is 11.7. The van der Waals surface area contributed by atoms with Gasteiger partial charge in [-0.25, -0.2) is 13.8 Å². The number of carboxylic acids is 1. The van der Waals surface area contributed by atoms with Crippen LogP contribution in [0.5, 0.6) is 5.75 Å². The molecule has 0 bridgehead atoms. The molecule has 3 atom stereocenters. The van der Waals surface area contributed by atoms with Crippen LogP contribution in [0.3, 0.4) is 0 Å². The number of methoxy groups -OCH3 is 1. The van der Waals surface area contributed by atoms with Gasteiger partial charge in [-0.2, -0.15) is 0 Å². The van der Waals surface area contributed by atoms with E-state index < -0.39 is 18.0 Å². The highest BCUT2D eigenvalue weighted by atomic mass is 32.2. The summed E-state index contributed by atoms with van der Waals surface area (Å²) in [4.78, 5) is 22.2. The molecule has 6 nitrogen and oxygen atoms in total. The van der Waals surface area contributed by atoms with Crippen LogP contribution in [0, 0.1) is 17.7 Å². The summed E-state index contributed by atoms with van der Waals surface area (Å²) in [6.45, 7) is 2.38. The largest absolute Gasteiger partial charge is 0.497 e. The number of ether oxygens (including phenoxy) is 1. The number of thiazole rings is 1. The molecule has 2 aromatic heterocycles. The lowest BCUT2D eigenvalue weighted by Crippen LogP contribution is -2.42. The van der Waals surface area contributed by atoms with E-state index in [4.69, 9.17) is 4.74 Å². The molecular formula is C25H29F2N3O3S2. The predicted octanol–water partition coefficient (Wildman–Crippen LogP) is 5.83. The fraction of sp³-hybridized carbons (Fsp3) is 0.480. The summed E-state index contributed by atoms with van der Waals surface area (Å²) in [6, 6.07) is 5.02. The number of carboxylic acid groups (broad SMARTS) is 1. The minimum absolute atomic E-state index is 0.000307. The van der Waals surface area contributed by atoms with Crippen molar-refractivity contribution >= 4 is 40.0 Å². The van der Waals surface area contributed by atoms with Gasteiger partial charge in [-0.3, -0.25) is 9.78 Å². The summed E-state index contributed by atoms with van der Waals surface area (Å²) in [5.41, 5.74) is 0.512. The maximum absolute atomic E-state index is 15.4. The van der Waals surface area contributed by atoms with E-state index in [1.54, 1.807) is 47.5 Å². The lowest BCUT2D eigenvalue weighted by Gasteiger charge is -2.38. The van der Waals surface area contributed by atoms with E-state index in [1.807, 2.05) is 5.38 Å². The number of benzene rings is 1. The molecule has 10 heteroatoms. The van der Waals surface area contributed by atoms with E-state index in [-0.39, 0.29) is 30.2 Å². The molecule has 0 spiro atoms. The molecule has 0 aliphatic carbocycles. The molecule has 1 aliphatic rings. The summed E-state index contributed by atoms with van der Waals surface area (Å²) >= 11 is 3.32. The second-order valence-electron chi connectivity index (χ2n) is 8.80. The average molecular weight is 522 g/mol. The Bertz CT molecular complexity index is 1130. The number of hydrogen-bond acceptors (Lipinski definition) is 7. The van der Waals surface area contributed by atoms with Crippen LogP contribution >= 0.6 is 23.1 Å². The Kier molecular flexibility index (Phi) is 8.91. The number of piperidine rings is 1. The van der Waals surface area contributed by atoms with Gasteiger partial charge in [-0.1, -0.05) is 11.8 Å². The Morgan fingerprint density at radius 1 is 1.37 bits per heavy atom. The zero-order valence-corrected chi connectivity index (χ0v) is 21.2. The van der Waals surface area contributed by atoms with Gasteiger partial charge in [0, 0.05) is 47.8 Å². The zero-order chi connectivity index (χ0) is 24.8. The van der Waals surface area contributed by atoms with Gasteiger partial charge in [0.05, 0.1) is 18.8 Å². The number of rotatable bonds is 11. The molecule has 35 heavy (non-hydrogen) atoms. The van der Waals surface area contributed by atoms with Gasteiger partial charge in [0.1, 0.15) is 22.1 Å². The second-order valence-corrected chi connectivity index (χ2v) is 11.0. The molecule has 188 valence electrons. The normalized spacial score (nSPS) is 19.6. The van der Waals surface area contributed by atoms with Gasteiger partial charge in [0.25, 0.3) is 0 Å². The van der Waals surface area contributed by atoms with Crippen molar-refractivity contribution in [3.8, 4) is 5.75 Å². The van der Waals surface area contributed by atoms with Gasteiger partial charge in [0.15, 0.2) is 0 Å². The monoisotopic (exact) mass is 521 g/mol. The minimum atomic E-state index is -1.51. The molecule has 0 amide bonds. The van der Waals surface area contributed by atoms with Crippen molar-refractivity contribution in [3.63, 3.8) is 0 Å². The van der Waals surface area contributed by atoms with Crippen molar-refractivity contribution in [2.24, 2.45) is 11.8 Å². The first-order valence-corrected chi connectivity index (χ1v) is 13.5. The Morgan fingerprint density at radius 3 is 2.97 bits per heavy atom. The molecule has 3 heterocycles. The molecule has 1 N–H and O–H groups in total. The summed E-state index contributed by atoms with van der Waals surface area (Å²) in [5, 5.41) is 11.8. The minimum Gasteiger partial charge on any atom is -0.497 e. The van der Waals surface area contributed by atoms with Crippen LogP contribution in [-0.2, 0) is 4.79 Å². The number of thioether (sulfide) groups is 1. The zero-order valence-electron chi connectivity index (χ0n) is 19.5. The van der Waals surface area contributed by atoms with E-state index in [1.165, 1.54) is 7.11 Å². The quantitative estimate of drug-likeness (QED) is 0.318.